The number of aliphatic hydroxyl groups excluding tert-OH is 1. The monoisotopic (exact) mass is 442 g/mol. The van der Waals surface area contributed by atoms with Crippen LogP contribution in [0.4, 0.5) is 0 Å². The van der Waals surface area contributed by atoms with E-state index in [0.29, 0.717) is 11.5 Å². The summed E-state index contributed by atoms with van der Waals surface area (Å²) in [6.45, 7) is 12.6. The first-order chi connectivity index (χ1) is 15.3. The molecule has 0 saturated carbocycles. The largest absolute Gasteiger partial charge is 0.513 e. The zero-order valence-corrected chi connectivity index (χ0v) is 20.7. The minimum absolute atomic E-state index is 0.181. The van der Waals surface area contributed by atoms with Gasteiger partial charge in [0.2, 0.25) is 0 Å². The number of phenols is 1. The Morgan fingerprint density at radius 1 is 1.12 bits per heavy atom. The molecule has 0 aliphatic rings. The zero-order chi connectivity index (χ0) is 24.8. The molecule has 0 atom stereocenters. The summed E-state index contributed by atoms with van der Waals surface area (Å²) in [6, 6.07) is 8.91. The molecular formula is C27H42N2O3. The SMILES string of the molecule is CCC.CCN.COc1ccccc1O.C\C=C/C=c1/[nH]c(/C=C\C=C(/C)O)c/c1=C/C. The molecule has 0 saturated heterocycles. The second kappa shape index (κ2) is 21.1. The topological polar surface area (TPSA) is 91.5 Å². The van der Waals surface area contributed by atoms with Crippen molar-refractivity contribution >= 4 is 18.2 Å². The molecule has 178 valence electrons. The maximum absolute atomic E-state index is 9.03. The molecule has 5 heteroatoms. The molecule has 2 rings (SSSR count). The first-order valence-corrected chi connectivity index (χ1v) is 10.9. The summed E-state index contributed by atoms with van der Waals surface area (Å²) in [6.07, 6.45) is 14.8. The smallest absolute Gasteiger partial charge is 0.160 e. The molecular weight excluding hydrogens is 400 g/mol. The van der Waals surface area contributed by atoms with Crippen LogP contribution in [0, 0.1) is 0 Å². The molecule has 1 aromatic heterocycles. The number of aromatic amines is 1. The van der Waals surface area contributed by atoms with E-state index in [1.807, 2.05) is 51.2 Å². The normalized spacial score (nSPS) is 11.9. The number of nitrogens with two attached hydrogens (primary N) is 1. The average molecular weight is 443 g/mol. The standard InChI is InChI=1S/C15H19NO.C7H8O2.C3H8.C2H7N/c1-4-6-10-15-13(5-2)11-14(16-15)9-7-8-12(3)17;1-9-7-5-3-2-4-6(7)8;1-3-2;1-2-3/h4-11,16-17H,1-3H3;2-5,8H,1H3;3H2,1-2H3;2-3H2,1H3/b6-4-,9-7-,12-8+,13-5-,15-10+;;;. The number of hydrogen-bond donors (Lipinski definition) is 4. The quantitative estimate of drug-likeness (QED) is 0.375. The molecule has 0 aliphatic heterocycles. The molecule has 0 aliphatic carbocycles. The van der Waals surface area contributed by atoms with Crippen LogP contribution < -0.4 is 21.0 Å². The highest BCUT2D eigenvalue weighted by molar-refractivity contribution is 5.50. The summed E-state index contributed by atoms with van der Waals surface area (Å²) in [4.78, 5) is 3.31. The van der Waals surface area contributed by atoms with Gasteiger partial charge >= 0.3 is 0 Å². The van der Waals surface area contributed by atoms with E-state index in [0.717, 1.165) is 17.6 Å². The number of aliphatic hydroxyl groups is 1. The van der Waals surface area contributed by atoms with Crippen LogP contribution in [0.25, 0.3) is 18.2 Å². The molecule has 0 radical (unpaired) electrons. The minimum atomic E-state index is 0.181. The van der Waals surface area contributed by atoms with Gasteiger partial charge in [-0.2, -0.15) is 0 Å². The number of ether oxygens (including phenoxy) is 1. The van der Waals surface area contributed by atoms with Crippen molar-refractivity contribution in [2.24, 2.45) is 5.73 Å². The number of phenolic OH excluding ortho intramolecular Hbond substituents is 1. The maximum atomic E-state index is 9.03. The lowest BCUT2D eigenvalue weighted by Crippen LogP contribution is -2.20. The van der Waals surface area contributed by atoms with E-state index < -0.39 is 0 Å². The molecule has 0 amide bonds. The third-order valence-electron chi connectivity index (χ3n) is 3.37. The summed E-state index contributed by atoms with van der Waals surface area (Å²) in [7, 11) is 1.52. The van der Waals surface area contributed by atoms with Gasteiger partial charge in [0, 0.05) is 11.0 Å². The molecule has 32 heavy (non-hydrogen) atoms. The number of H-pyrrole nitrogens is 1. The Bertz CT molecular complexity index is 917. The fourth-order valence-electron chi connectivity index (χ4n) is 2.09. The Hall–Kier alpha value is -3.18. The van der Waals surface area contributed by atoms with E-state index in [4.69, 9.17) is 20.7 Å². The van der Waals surface area contributed by atoms with Gasteiger partial charge in [-0.05, 0) is 69.0 Å². The van der Waals surface area contributed by atoms with E-state index >= 15 is 0 Å². The number of hydrogen-bond acceptors (Lipinski definition) is 4. The molecule has 1 aromatic carbocycles. The van der Waals surface area contributed by atoms with Crippen molar-refractivity contribution in [2.45, 2.75) is 48.0 Å². The van der Waals surface area contributed by atoms with Gasteiger partial charge in [0.25, 0.3) is 0 Å². The Morgan fingerprint density at radius 2 is 1.72 bits per heavy atom. The van der Waals surface area contributed by atoms with Crippen molar-refractivity contribution < 1.29 is 14.9 Å². The fourth-order valence-corrected chi connectivity index (χ4v) is 2.09. The van der Waals surface area contributed by atoms with Gasteiger partial charge in [-0.1, -0.05) is 63.6 Å². The molecule has 0 bridgehead atoms. The second-order valence-corrected chi connectivity index (χ2v) is 6.53. The zero-order valence-electron chi connectivity index (χ0n) is 20.7. The third-order valence-corrected chi connectivity index (χ3v) is 3.37. The maximum Gasteiger partial charge on any atom is 0.160 e. The summed E-state index contributed by atoms with van der Waals surface area (Å²) in [5, 5.41) is 20.3. The number of para-hydroxylation sites is 2. The van der Waals surface area contributed by atoms with E-state index in [9.17, 15) is 0 Å². The Balaban J connectivity index is 0. The number of rotatable bonds is 4. The van der Waals surface area contributed by atoms with Crippen molar-refractivity contribution in [2.75, 3.05) is 13.7 Å². The lowest BCUT2D eigenvalue weighted by Gasteiger charge is -1.99. The average Bonchev–Trinajstić information content (AvgIpc) is 3.16. The van der Waals surface area contributed by atoms with Crippen LogP contribution in [-0.2, 0) is 0 Å². The molecule has 0 spiro atoms. The summed E-state index contributed by atoms with van der Waals surface area (Å²) >= 11 is 0. The Labute approximate surface area is 194 Å². The first kappa shape index (κ1) is 31.0. The lowest BCUT2D eigenvalue weighted by molar-refractivity contribution is 0.373. The van der Waals surface area contributed by atoms with Crippen molar-refractivity contribution in [3.05, 3.63) is 76.7 Å². The van der Waals surface area contributed by atoms with Gasteiger partial charge in [0.1, 0.15) is 0 Å². The molecule has 5 N–H and O–H groups in total. The van der Waals surface area contributed by atoms with Gasteiger partial charge in [-0.3, -0.25) is 0 Å². The minimum Gasteiger partial charge on any atom is -0.513 e. The Kier molecular flexibility index (Phi) is 20.4. The van der Waals surface area contributed by atoms with Gasteiger partial charge in [-0.15, -0.1) is 0 Å². The summed E-state index contributed by atoms with van der Waals surface area (Å²) in [5.74, 6) is 0.994. The lowest BCUT2D eigenvalue weighted by atomic mass is 10.3. The number of benzene rings is 1. The number of aromatic hydroxyl groups is 1. The van der Waals surface area contributed by atoms with Gasteiger partial charge < -0.3 is 25.7 Å². The van der Waals surface area contributed by atoms with Crippen molar-refractivity contribution in [3.63, 3.8) is 0 Å². The van der Waals surface area contributed by atoms with Gasteiger partial charge in [0.15, 0.2) is 11.5 Å². The van der Waals surface area contributed by atoms with E-state index in [1.54, 1.807) is 37.3 Å². The summed E-state index contributed by atoms with van der Waals surface area (Å²) in [5.41, 5.74) is 5.87. The van der Waals surface area contributed by atoms with Crippen LogP contribution in [0.1, 0.15) is 53.7 Å². The molecule has 1 heterocycles. The van der Waals surface area contributed by atoms with Crippen molar-refractivity contribution in [3.8, 4) is 11.5 Å². The highest BCUT2D eigenvalue weighted by atomic mass is 16.5. The number of nitrogens with one attached hydrogen (secondary N) is 1. The van der Waals surface area contributed by atoms with Crippen LogP contribution >= 0.6 is 0 Å². The Morgan fingerprint density at radius 3 is 2.16 bits per heavy atom. The molecule has 5 nitrogen and oxygen atoms in total. The van der Waals surface area contributed by atoms with Crippen LogP contribution in [0.3, 0.4) is 0 Å². The van der Waals surface area contributed by atoms with E-state index in [1.165, 1.54) is 18.7 Å². The number of allylic oxidation sites excluding steroid dienone is 5. The predicted molar refractivity (Wildman–Crippen MR) is 140 cm³/mol. The highest BCUT2D eigenvalue weighted by Crippen LogP contribution is 2.23. The third kappa shape index (κ3) is 15.6. The van der Waals surface area contributed by atoms with Crippen molar-refractivity contribution in [1.29, 1.82) is 0 Å². The molecule has 0 unspecified atom stereocenters. The van der Waals surface area contributed by atoms with Crippen LogP contribution in [0.2, 0.25) is 0 Å². The second-order valence-electron chi connectivity index (χ2n) is 6.53. The first-order valence-electron chi connectivity index (χ1n) is 10.9. The molecule has 0 fully saturated rings. The van der Waals surface area contributed by atoms with Crippen LogP contribution in [0.5, 0.6) is 11.5 Å². The van der Waals surface area contributed by atoms with Gasteiger partial charge in [0.05, 0.1) is 12.9 Å². The highest BCUT2D eigenvalue weighted by Gasteiger charge is 1.94. The van der Waals surface area contributed by atoms with Crippen molar-refractivity contribution in [1.82, 2.24) is 4.98 Å². The van der Waals surface area contributed by atoms with E-state index in [2.05, 4.69) is 31.0 Å². The number of methoxy groups -OCH3 is 1. The predicted octanol–water partition coefficient (Wildman–Crippen LogP) is 5.43. The van der Waals surface area contributed by atoms with E-state index in [-0.39, 0.29) is 5.75 Å². The number of aromatic nitrogens is 1. The van der Waals surface area contributed by atoms with Crippen LogP contribution in [0.15, 0.2) is 60.4 Å². The molecule has 2 aromatic rings. The van der Waals surface area contributed by atoms with Crippen LogP contribution in [-0.4, -0.2) is 28.9 Å². The summed E-state index contributed by atoms with van der Waals surface area (Å²) < 4.78 is 4.79. The van der Waals surface area contributed by atoms with Gasteiger partial charge in [-0.25, -0.2) is 0 Å². The fraction of sp³-hybridized carbons (Fsp3) is 0.333.